The van der Waals surface area contributed by atoms with Gasteiger partial charge in [-0.2, -0.15) is 30.4 Å². The van der Waals surface area contributed by atoms with Crippen molar-refractivity contribution in [2.75, 3.05) is 0 Å². The van der Waals surface area contributed by atoms with Crippen LogP contribution in [-0.2, 0) is 14.6 Å². The summed E-state index contributed by atoms with van der Waals surface area (Å²) < 4.78 is 86.7. The monoisotopic (exact) mass is 228 g/mol. The Morgan fingerprint density at radius 2 is 1.62 bits per heavy atom. The topological polar surface area (TPSA) is 63.6 Å². The van der Waals surface area contributed by atoms with Gasteiger partial charge < -0.3 is 4.18 Å². The summed E-state index contributed by atoms with van der Waals surface area (Å²) in [5, 5.41) is 0. The van der Waals surface area contributed by atoms with Gasteiger partial charge in [-0.3, -0.25) is 4.55 Å². The summed E-state index contributed by atoms with van der Waals surface area (Å²) in [6.07, 6.45) is -5.71. The lowest BCUT2D eigenvalue weighted by atomic mass is 10.6. The fourth-order valence-corrected chi connectivity index (χ4v) is 0.499. The summed E-state index contributed by atoms with van der Waals surface area (Å²) in [5.74, 6) is -3.38. The summed E-state index contributed by atoms with van der Waals surface area (Å²) in [6.45, 7) is 0. The highest BCUT2D eigenvalue weighted by Gasteiger charge is 2.40. The van der Waals surface area contributed by atoms with Gasteiger partial charge >= 0.3 is 22.6 Å². The van der Waals surface area contributed by atoms with Gasteiger partial charge in [0.15, 0.2) is 0 Å². The molecule has 0 spiro atoms. The summed E-state index contributed by atoms with van der Waals surface area (Å²) in [7, 11) is -5.50. The molecule has 0 rings (SSSR count). The Hall–Kier alpha value is -0.900. The van der Waals surface area contributed by atoms with E-state index >= 15 is 0 Å². The molecule has 0 saturated heterocycles. The van der Waals surface area contributed by atoms with E-state index in [4.69, 9.17) is 4.55 Å². The first-order valence-electron chi connectivity index (χ1n) is 2.33. The van der Waals surface area contributed by atoms with Crippen LogP contribution in [0.3, 0.4) is 0 Å². The van der Waals surface area contributed by atoms with E-state index in [9.17, 15) is 30.4 Å². The van der Waals surface area contributed by atoms with Crippen LogP contribution in [-0.4, -0.2) is 19.1 Å². The molecule has 0 saturated carbocycles. The van der Waals surface area contributed by atoms with E-state index in [1.54, 1.807) is 0 Å². The molecule has 0 aliphatic carbocycles. The fourth-order valence-electron chi connectivity index (χ4n) is 0.240. The summed E-state index contributed by atoms with van der Waals surface area (Å²) in [4.78, 5) is 0. The Morgan fingerprint density at radius 3 is 1.85 bits per heavy atom. The lowest BCUT2D eigenvalue weighted by Crippen LogP contribution is -2.12. The van der Waals surface area contributed by atoms with Crippen molar-refractivity contribution in [2.24, 2.45) is 0 Å². The van der Waals surface area contributed by atoms with Crippen LogP contribution in [0.4, 0.5) is 22.0 Å². The first-order chi connectivity index (χ1) is 5.54. The van der Waals surface area contributed by atoms with Crippen molar-refractivity contribution in [3.05, 3.63) is 11.8 Å². The third-order valence-corrected chi connectivity index (χ3v) is 0.957. The third kappa shape index (κ3) is 4.62. The second-order valence-electron chi connectivity index (χ2n) is 1.60. The van der Waals surface area contributed by atoms with Gasteiger partial charge in [0.2, 0.25) is 0 Å². The standard InChI is InChI=1S/C3HF5O4S/c4-1(3(6,7)8)2(5)12-13(9,10)11/h(H,9,10,11). The molecule has 0 aromatic carbocycles. The van der Waals surface area contributed by atoms with Gasteiger partial charge in [-0.25, -0.2) is 0 Å². The Morgan fingerprint density at radius 1 is 1.23 bits per heavy atom. The maximum Gasteiger partial charge on any atom is 0.449 e. The van der Waals surface area contributed by atoms with Gasteiger partial charge in [-0.15, -0.1) is 0 Å². The molecular weight excluding hydrogens is 227 g/mol. The zero-order valence-electron chi connectivity index (χ0n) is 5.47. The van der Waals surface area contributed by atoms with Crippen LogP contribution >= 0.6 is 0 Å². The van der Waals surface area contributed by atoms with E-state index in [-0.39, 0.29) is 0 Å². The molecular formula is C3HF5O4S. The summed E-state index contributed by atoms with van der Waals surface area (Å²) >= 11 is 0. The Balaban J connectivity index is 4.86. The molecule has 0 aliphatic heterocycles. The largest absolute Gasteiger partial charge is 0.449 e. The molecule has 0 bridgehead atoms. The minimum Gasteiger partial charge on any atom is -0.328 e. The highest BCUT2D eigenvalue weighted by molar-refractivity contribution is 7.81. The average Bonchev–Trinajstić information content (AvgIpc) is 1.79. The van der Waals surface area contributed by atoms with E-state index in [1.165, 1.54) is 0 Å². The van der Waals surface area contributed by atoms with Gasteiger partial charge in [0, 0.05) is 0 Å². The van der Waals surface area contributed by atoms with Gasteiger partial charge in [-0.1, -0.05) is 0 Å². The third-order valence-electron chi connectivity index (χ3n) is 0.600. The zero-order valence-corrected chi connectivity index (χ0v) is 6.29. The fraction of sp³-hybridized carbons (Fsp3) is 0.333. The van der Waals surface area contributed by atoms with Gasteiger partial charge in [-0.05, 0) is 0 Å². The molecule has 78 valence electrons. The minimum absolute atomic E-state index is 2.57. The van der Waals surface area contributed by atoms with Crippen LogP contribution in [0.2, 0.25) is 0 Å². The maximum absolute atomic E-state index is 11.8. The zero-order chi connectivity index (χ0) is 10.9. The molecule has 1 N–H and O–H groups in total. The Bertz CT molecular complexity index is 313. The lowest BCUT2D eigenvalue weighted by molar-refractivity contribution is -0.114. The van der Waals surface area contributed by atoms with Gasteiger partial charge in [0.1, 0.15) is 0 Å². The van der Waals surface area contributed by atoms with Crippen molar-refractivity contribution in [1.82, 2.24) is 0 Å². The molecule has 0 amide bonds. The molecule has 0 atom stereocenters. The first-order valence-corrected chi connectivity index (χ1v) is 3.70. The predicted octanol–water partition coefficient (Wildman–Crippen LogP) is 1.48. The van der Waals surface area contributed by atoms with Crippen molar-refractivity contribution in [3.63, 3.8) is 0 Å². The van der Waals surface area contributed by atoms with Crippen LogP contribution in [0.15, 0.2) is 11.8 Å². The van der Waals surface area contributed by atoms with Crippen molar-refractivity contribution < 1.29 is 39.1 Å². The Labute approximate surface area is 68.6 Å². The normalized spacial score (nSPS) is 15.2. The maximum atomic E-state index is 11.8. The van der Waals surface area contributed by atoms with E-state index in [0.717, 1.165) is 0 Å². The van der Waals surface area contributed by atoms with Crippen molar-refractivity contribution in [1.29, 1.82) is 0 Å². The summed E-state index contributed by atoms with van der Waals surface area (Å²) in [5.41, 5.74) is 0. The van der Waals surface area contributed by atoms with E-state index in [0.29, 0.717) is 0 Å². The smallest absolute Gasteiger partial charge is 0.328 e. The van der Waals surface area contributed by atoms with Crippen molar-refractivity contribution >= 4 is 10.4 Å². The van der Waals surface area contributed by atoms with Crippen LogP contribution in [0.25, 0.3) is 0 Å². The number of hydrogen-bond donors (Lipinski definition) is 1. The Kier molecular flexibility index (Phi) is 3.22. The highest BCUT2D eigenvalue weighted by atomic mass is 32.3. The number of rotatable bonds is 2. The van der Waals surface area contributed by atoms with Crippen LogP contribution < -0.4 is 0 Å². The van der Waals surface area contributed by atoms with Crippen LogP contribution in [0.5, 0.6) is 0 Å². The molecule has 0 aromatic heterocycles. The molecule has 4 nitrogen and oxygen atoms in total. The molecule has 0 radical (unpaired) electrons. The highest BCUT2D eigenvalue weighted by Crippen LogP contribution is 2.30. The lowest BCUT2D eigenvalue weighted by Gasteiger charge is -2.03. The number of hydrogen-bond acceptors (Lipinski definition) is 3. The molecule has 0 fully saturated rings. The molecule has 0 aliphatic rings. The van der Waals surface area contributed by atoms with E-state index < -0.39 is 28.4 Å². The van der Waals surface area contributed by atoms with E-state index in [1.807, 2.05) is 0 Å². The molecule has 0 aromatic rings. The average molecular weight is 228 g/mol. The first kappa shape index (κ1) is 12.1. The number of halogens is 5. The van der Waals surface area contributed by atoms with Crippen LogP contribution in [0, 0.1) is 0 Å². The molecule has 0 heterocycles. The van der Waals surface area contributed by atoms with Crippen molar-refractivity contribution in [2.45, 2.75) is 6.18 Å². The van der Waals surface area contributed by atoms with Gasteiger partial charge in [0.25, 0.3) is 5.83 Å². The predicted molar refractivity (Wildman–Crippen MR) is 27.9 cm³/mol. The van der Waals surface area contributed by atoms with E-state index in [2.05, 4.69) is 4.18 Å². The molecule has 13 heavy (non-hydrogen) atoms. The molecule has 0 unspecified atom stereocenters. The van der Waals surface area contributed by atoms with Gasteiger partial charge in [0.05, 0.1) is 0 Å². The second-order valence-corrected chi connectivity index (χ2v) is 2.62. The minimum atomic E-state index is -5.71. The SMILES string of the molecule is O=S(=O)(O)OC(F)=C(F)C(F)(F)F. The quantitative estimate of drug-likeness (QED) is 0.441. The number of alkyl halides is 3. The molecule has 10 heteroatoms. The van der Waals surface area contributed by atoms with Crippen molar-refractivity contribution in [3.8, 4) is 0 Å². The number of allylic oxidation sites excluding steroid dienone is 1. The van der Waals surface area contributed by atoms with Crippen LogP contribution in [0.1, 0.15) is 0 Å². The second kappa shape index (κ2) is 3.46. The summed E-state index contributed by atoms with van der Waals surface area (Å²) in [6, 6.07) is -3.07.